The molecule has 112 valence electrons. The highest BCUT2D eigenvalue weighted by Gasteiger charge is 1.95. The van der Waals surface area contributed by atoms with Gasteiger partial charge < -0.3 is 14.2 Å². The lowest BCUT2D eigenvalue weighted by Crippen LogP contribution is -2.04. The largest absolute Gasteiger partial charge is 0.351 e. The predicted octanol–water partition coefficient (Wildman–Crippen LogP) is 4.88. The summed E-state index contributed by atoms with van der Waals surface area (Å²) in [4.78, 5) is 0. The van der Waals surface area contributed by atoms with Gasteiger partial charge in [0.2, 0.25) is 0 Å². The Morgan fingerprint density at radius 3 is 1.33 bits per heavy atom. The van der Waals surface area contributed by atoms with Crippen LogP contribution < -0.4 is 0 Å². The van der Waals surface area contributed by atoms with Crippen molar-refractivity contribution in [2.45, 2.75) is 13.2 Å². The summed E-state index contributed by atoms with van der Waals surface area (Å²) in [5.74, 6) is 0. The Morgan fingerprint density at radius 1 is 0.571 bits per heavy atom. The van der Waals surface area contributed by atoms with E-state index in [1.165, 1.54) is 0 Å². The molecule has 0 spiro atoms. The van der Waals surface area contributed by atoms with Gasteiger partial charge in [0.1, 0.15) is 13.6 Å². The van der Waals surface area contributed by atoms with Crippen molar-refractivity contribution < 1.29 is 14.2 Å². The SMILES string of the molecule is Brc1ccc(COCOCOCc2ccc(Br)cc2)cc1. The minimum absolute atomic E-state index is 0.219. The Labute approximate surface area is 141 Å². The van der Waals surface area contributed by atoms with Gasteiger partial charge in [0.05, 0.1) is 13.2 Å². The summed E-state index contributed by atoms with van der Waals surface area (Å²) in [6.45, 7) is 1.49. The van der Waals surface area contributed by atoms with Crippen molar-refractivity contribution in [2.24, 2.45) is 0 Å². The van der Waals surface area contributed by atoms with Crippen molar-refractivity contribution in [3.05, 3.63) is 68.6 Å². The third-order valence-corrected chi connectivity index (χ3v) is 3.75. The van der Waals surface area contributed by atoms with Crippen LogP contribution in [-0.2, 0) is 27.4 Å². The maximum atomic E-state index is 5.40. The Morgan fingerprint density at radius 2 is 0.952 bits per heavy atom. The summed E-state index contributed by atoms with van der Waals surface area (Å²) < 4.78 is 18.2. The highest BCUT2D eigenvalue weighted by Crippen LogP contribution is 2.12. The van der Waals surface area contributed by atoms with Crippen LogP contribution in [0.5, 0.6) is 0 Å². The third kappa shape index (κ3) is 6.72. The normalized spacial score (nSPS) is 10.8. The third-order valence-electron chi connectivity index (χ3n) is 2.70. The Kier molecular flexibility index (Phi) is 7.39. The first kappa shape index (κ1) is 16.6. The molecule has 3 nitrogen and oxygen atoms in total. The molecule has 2 rings (SSSR count). The second-order valence-corrected chi connectivity index (χ2v) is 6.22. The number of hydrogen-bond donors (Lipinski definition) is 0. The molecule has 2 aromatic rings. The van der Waals surface area contributed by atoms with Gasteiger partial charge in [-0.3, -0.25) is 0 Å². The molecule has 0 fully saturated rings. The van der Waals surface area contributed by atoms with Crippen molar-refractivity contribution in [3.8, 4) is 0 Å². The molecular weight excluding hydrogens is 400 g/mol. The summed E-state index contributed by atoms with van der Waals surface area (Å²) in [6.07, 6.45) is 0. The van der Waals surface area contributed by atoms with Crippen molar-refractivity contribution >= 4 is 31.9 Å². The number of rotatable bonds is 8. The van der Waals surface area contributed by atoms with Gasteiger partial charge in [-0.05, 0) is 35.4 Å². The van der Waals surface area contributed by atoms with E-state index in [2.05, 4.69) is 31.9 Å². The highest BCUT2D eigenvalue weighted by atomic mass is 79.9. The molecule has 0 aliphatic carbocycles. The van der Waals surface area contributed by atoms with Crippen LogP contribution in [0.1, 0.15) is 11.1 Å². The van der Waals surface area contributed by atoms with E-state index in [0.29, 0.717) is 13.2 Å². The first-order valence-corrected chi connectivity index (χ1v) is 8.05. The van der Waals surface area contributed by atoms with Gasteiger partial charge in [0.25, 0.3) is 0 Å². The van der Waals surface area contributed by atoms with E-state index in [0.717, 1.165) is 20.1 Å². The highest BCUT2D eigenvalue weighted by molar-refractivity contribution is 9.10. The zero-order valence-corrected chi connectivity index (χ0v) is 14.6. The summed E-state index contributed by atoms with van der Waals surface area (Å²) in [5, 5.41) is 0. The molecule has 0 amide bonds. The molecule has 0 heterocycles. The maximum Gasteiger partial charge on any atom is 0.150 e. The average molecular weight is 416 g/mol. The fraction of sp³-hybridized carbons (Fsp3) is 0.250. The molecule has 0 radical (unpaired) electrons. The van der Waals surface area contributed by atoms with Crippen LogP contribution in [0.3, 0.4) is 0 Å². The van der Waals surface area contributed by atoms with E-state index in [9.17, 15) is 0 Å². The molecular formula is C16H16Br2O3. The van der Waals surface area contributed by atoms with Gasteiger partial charge >= 0.3 is 0 Å². The fourth-order valence-corrected chi connectivity index (χ4v) is 2.16. The maximum absolute atomic E-state index is 5.40. The molecule has 0 atom stereocenters. The molecule has 0 bridgehead atoms. The standard InChI is InChI=1S/C16H16Br2O3/c17-15-5-1-13(2-6-15)9-19-11-21-12-20-10-14-3-7-16(18)8-4-14/h1-8H,9-12H2. The first-order valence-electron chi connectivity index (χ1n) is 6.46. The van der Waals surface area contributed by atoms with Crippen molar-refractivity contribution in [3.63, 3.8) is 0 Å². The van der Waals surface area contributed by atoms with E-state index < -0.39 is 0 Å². The second kappa shape index (κ2) is 9.33. The van der Waals surface area contributed by atoms with Crippen LogP contribution in [0, 0.1) is 0 Å². The number of ether oxygens (including phenoxy) is 3. The van der Waals surface area contributed by atoms with E-state index in [1.807, 2.05) is 48.5 Å². The molecule has 0 aromatic heterocycles. The smallest absolute Gasteiger partial charge is 0.150 e. The molecule has 0 saturated carbocycles. The van der Waals surface area contributed by atoms with Gasteiger partial charge in [-0.25, -0.2) is 0 Å². The lowest BCUT2D eigenvalue weighted by atomic mass is 10.2. The number of halogens is 2. The van der Waals surface area contributed by atoms with Gasteiger partial charge in [0.15, 0.2) is 0 Å². The topological polar surface area (TPSA) is 27.7 Å². The quantitative estimate of drug-likeness (QED) is 0.454. The van der Waals surface area contributed by atoms with E-state index in [4.69, 9.17) is 14.2 Å². The summed E-state index contributed by atoms with van der Waals surface area (Å²) >= 11 is 6.79. The summed E-state index contributed by atoms with van der Waals surface area (Å²) in [7, 11) is 0. The fourth-order valence-electron chi connectivity index (χ4n) is 1.63. The summed E-state index contributed by atoms with van der Waals surface area (Å²) in [5.41, 5.74) is 2.22. The van der Waals surface area contributed by atoms with Gasteiger partial charge in [-0.1, -0.05) is 56.1 Å². The van der Waals surface area contributed by atoms with Crippen LogP contribution in [0.4, 0.5) is 0 Å². The van der Waals surface area contributed by atoms with E-state index in [1.54, 1.807) is 0 Å². The molecule has 0 N–H and O–H groups in total. The van der Waals surface area contributed by atoms with Gasteiger partial charge in [-0.2, -0.15) is 0 Å². The monoisotopic (exact) mass is 414 g/mol. The second-order valence-electron chi connectivity index (χ2n) is 4.39. The molecule has 0 unspecified atom stereocenters. The zero-order valence-electron chi connectivity index (χ0n) is 11.4. The van der Waals surface area contributed by atoms with Crippen molar-refractivity contribution in [1.29, 1.82) is 0 Å². The molecule has 2 aromatic carbocycles. The Hall–Kier alpha value is -0.720. The average Bonchev–Trinajstić information content (AvgIpc) is 2.50. The molecule has 5 heteroatoms. The number of benzene rings is 2. The van der Waals surface area contributed by atoms with Crippen LogP contribution >= 0.6 is 31.9 Å². The number of hydrogen-bond acceptors (Lipinski definition) is 3. The van der Waals surface area contributed by atoms with E-state index >= 15 is 0 Å². The van der Waals surface area contributed by atoms with Gasteiger partial charge in [0, 0.05) is 8.95 Å². The van der Waals surface area contributed by atoms with E-state index in [-0.39, 0.29) is 13.6 Å². The molecule has 0 aliphatic rings. The zero-order chi connectivity index (χ0) is 14.9. The lowest BCUT2D eigenvalue weighted by Gasteiger charge is -2.07. The minimum atomic E-state index is 0.219. The van der Waals surface area contributed by atoms with Crippen LogP contribution in [0.2, 0.25) is 0 Å². The molecule has 0 aliphatic heterocycles. The Balaban J connectivity index is 1.52. The summed E-state index contributed by atoms with van der Waals surface area (Å²) in [6, 6.07) is 16.0. The van der Waals surface area contributed by atoms with Crippen LogP contribution in [0.15, 0.2) is 57.5 Å². The first-order chi connectivity index (χ1) is 10.2. The van der Waals surface area contributed by atoms with Crippen LogP contribution in [0.25, 0.3) is 0 Å². The minimum Gasteiger partial charge on any atom is -0.351 e. The van der Waals surface area contributed by atoms with Crippen molar-refractivity contribution in [2.75, 3.05) is 13.6 Å². The van der Waals surface area contributed by atoms with Crippen LogP contribution in [-0.4, -0.2) is 13.6 Å². The lowest BCUT2D eigenvalue weighted by molar-refractivity contribution is -0.139. The van der Waals surface area contributed by atoms with Crippen molar-refractivity contribution in [1.82, 2.24) is 0 Å². The van der Waals surface area contributed by atoms with Gasteiger partial charge in [-0.15, -0.1) is 0 Å². The predicted molar refractivity (Wildman–Crippen MR) is 88.7 cm³/mol. The molecule has 0 saturated heterocycles. The molecule has 21 heavy (non-hydrogen) atoms. The Bertz CT molecular complexity index is 477.